The van der Waals surface area contributed by atoms with Crippen LogP contribution in [0.1, 0.15) is 20.7 Å². The number of carbonyl (C=O) groups is 2. The van der Waals surface area contributed by atoms with Gasteiger partial charge in [0, 0.05) is 22.5 Å². The molecule has 6 nitrogen and oxygen atoms in total. The van der Waals surface area contributed by atoms with Crippen LogP contribution in [-0.4, -0.2) is 26.5 Å². The molecular formula is C21H16Cl2N2O4S. The summed E-state index contributed by atoms with van der Waals surface area (Å²) in [6.07, 6.45) is 1.01. The molecule has 0 unspecified atom stereocenters. The molecule has 9 heteroatoms. The highest BCUT2D eigenvalue weighted by Crippen LogP contribution is 2.24. The molecular weight excluding hydrogens is 447 g/mol. The third-order valence-corrected chi connectivity index (χ3v) is 5.95. The number of carbonyl (C=O) groups excluding carboxylic acids is 2. The van der Waals surface area contributed by atoms with Crippen LogP contribution in [0.25, 0.3) is 0 Å². The zero-order chi connectivity index (χ0) is 21.9. The smallest absolute Gasteiger partial charge is 0.257 e. The highest BCUT2D eigenvalue weighted by atomic mass is 35.5. The summed E-state index contributed by atoms with van der Waals surface area (Å²) in [5.74, 6) is -1.01. The summed E-state index contributed by atoms with van der Waals surface area (Å²) in [6, 6.07) is 17.0. The molecule has 0 saturated carbocycles. The van der Waals surface area contributed by atoms with Crippen molar-refractivity contribution in [3.05, 3.63) is 87.9 Å². The number of benzene rings is 3. The standard InChI is InChI=1S/C21H16Cl2N2O4S/c1-30(28,29)19-12-13(6-11-17(19)23)20(26)25-18-5-3-2-4-16(18)21(27)24-15-9-7-14(22)8-10-15/h2-12H,1H3,(H,24,27)(H,25,26). The number of hydrogen-bond acceptors (Lipinski definition) is 4. The first-order valence-electron chi connectivity index (χ1n) is 8.62. The number of halogens is 2. The Morgan fingerprint density at radius 1 is 0.833 bits per heavy atom. The summed E-state index contributed by atoms with van der Waals surface area (Å²) in [6.45, 7) is 0. The molecule has 3 aromatic rings. The maximum Gasteiger partial charge on any atom is 0.257 e. The van der Waals surface area contributed by atoms with E-state index >= 15 is 0 Å². The molecule has 0 saturated heterocycles. The summed E-state index contributed by atoms with van der Waals surface area (Å²) >= 11 is 11.8. The summed E-state index contributed by atoms with van der Waals surface area (Å²) in [5, 5.41) is 5.94. The lowest BCUT2D eigenvalue weighted by Crippen LogP contribution is -2.18. The Labute approximate surface area is 183 Å². The fourth-order valence-electron chi connectivity index (χ4n) is 2.65. The van der Waals surface area contributed by atoms with Gasteiger partial charge in [-0.05, 0) is 54.6 Å². The summed E-state index contributed by atoms with van der Waals surface area (Å²) in [5.41, 5.74) is 1.14. The van der Waals surface area contributed by atoms with Crippen LogP contribution in [-0.2, 0) is 9.84 Å². The highest BCUT2D eigenvalue weighted by Gasteiger charge is 2.18. The van der Waals surface area contributed by atoms with Gasteiger partial charge in [0.1, 0.15) is 0 Å². The largest absolute Gasteiger partial charge is 0.322 e. The minimum atomic E-state index is -3.61. The molecule has 0 aliphatic heterocycles. The second-order valence-electron chi connectivity index (χ2n) is 6.38. The highest BCUT2D eigenvalue weighted by molar-refractivity contribution is 7.90. The van der Waals surface area contributed by atoms with Crippen molar-refractivity contribution in [1.82, 2.24) is 0 Å². The van der Waals surface area contributed by atoms with E-state index < -0.39 is 21.7 Å². The van der Waals surface area contributed by atoms with E-state index in [2.05, 4.69) is 10.6 Å². The van der Waals surface area contributed by atoms with Gasteiger partial charge in [-0.15, -0.1) is 0 Å². The molecule has 0 fully saturated rings. The fraction of sp³-hybridized carbons (Fsp3) is 0.0476. The zero-order valence-corrected chi connectivity index (χ0v) is 18.0. The van der Waals surface area contributed by atoms with Gasteiger partial charge in [-0.1, -0.05) is 35.3 Å². The van der Waals surface area contributed by atoms with Crippen LogP contribution in [0.15, 0.2) is 71.6 Å². The molecule has 2 amide bonds. The normalized spacial score (nSPS) is 11.0. The van der Waals surface area contributed by atoms with Crippen LogP contribution in [0.5, 0.6) is 0 Å². The summed E-state index contributed by atoms with van der Waals surface area (Å²) < 4.78 is 23.7. The van der Waals surface area contributed by atoms with Crippen molar-refractivity contribution < 1.29 is 18.0 Å². The molecule has 0 heterocycles. The molecule has 0 atom stereocenters. The van der Waals surface area contributed by atoms with Crippen LogP contribution in [0.2, 0.25) is 10.0 Å². The second kappa shape index (κ2) is 8.87. The van der Waals surface area contributed by atoms with Crippen molar-refractivity contribution in [2.24, 2.45) is 0 Å². The molecule has 3 rings (SSSR count). The van der Waals surface area contributed by atoms with Gasteiger partial charge in [0.15, 0.2) is 9.84 Å². The lowest BCUT2D eigenvalue weighted by atomic mass is 10.1. The molecule has 3 aromatic carbocycles. The van der Waals surface area contributed by atoms with E-state index in [4.69, 9.17) is 23.2 Å². The van der Waals surface area contributed by atoms with Gasteiger partial charge in [-0.3, -0.25) is 9.59 Å². The van der Waals surface area contributed by atoms with Crippen molar-refractivity contribution >= 4 is 56.2 Å². The van der Waals surface area contributed by atoms with Gasteiger partial charge in [0.05, 0.1) is 21.2 Å². The lowest BCUT2D eigenvalue weighted by Gasteiger charge is -2.12. The first-order chi connectivity index (χ1) is 14.1. The van der Waals surface area contributed by atoms with E-state index in [1.54, 1.807) is 48.5 Å². The van der Waals surface area contributed by atoms with Crippen molar-refractivity contribution in [2.45, 2.75) is 4.90 Å². The Morgan fingerprint density at radius 2 is 1.50 bits per heavy atom. The van der Waals surface area contributed by atoms with Crippen LogP contribution < -0.4 is 10.6 Å². The van der Waals surface area contributed by atoms with Crippen molar-refractivity contribution in [3.8, 4) is 0 Å². The fourth-order valence-corrected chi connectivity index (χ4v) is 4.07. The molecule has 0 spiro atoms. The topological polar surface area (TPSA) is 92.3 Å². The molecule has 2 N–H and O–H groups in total. The van der Waals surface area contributed by atoms with Crippen LogP contribution in [0.4, 0.5) is 11.4 Å². The molecule has 0 aliphatic rings. The Bertz CT molecular complexity index is 1230. The molecule has 30 heavy (non-hydrogen) atoms. The SMILES string of the molecule is CS(=O)(=O)c1cc(C(=O)Nc2ccccc2C(=O)Nc2ccc(Cl)cc2)ccc1Cl. The van der Waals surface area contributed by atoms with Crippen LogP contribution >= 0.6 is 23.2 Å². The van der Waals surface area contributed by atoms with Gasteiger partial charge in [0.2, 0.25) is 0 Å². The summed E-state index contributed by atoms with van der Waals surface area (Å²) in [4.78, 5) is 25.2. The number of rotatable bonds is 5. The minimum absolute atomic E-state index is 0.0248. The van der Waals surface area contributed by atoms with Crippen molar-refractivity contribution in [1.29, 1.82) is 0 Å². The number of anilines is 2. The quantitative estimate of drug-likeness (QED) is 0.563. The third-order valence-electron chi connectivity index (χ3n) is 4.11. The third kappa shape index (κ3) is 5.18. The number of sulfone groups is 1. The van der Waals surface area contributed by atoms with Crippen LogP contribution in [0.3, 0.4) is 0 Å². The molecule has 0 bridgehead atoms. The van der Waals surface area contributed by atoms with Gasteiger partial charge in [0.25, 0.3) is 11.8 Å². The van der Waals surface area contributed by atoms with Gasteiger partial charge >= 0.3 is 0 Å². The number of nitrogens with one attached hydrogen (secondary N) is 2. The van der Waals surface area contributed by atoms with E-state index in [-0.39, 0.29) is 26.7 Å². The van der Waals surface area contributed by atoms with Crippen LogP contribution in [0, 0.1) is 0 Å². The number of hydrogen-bond donors (Lipinski definition) is 2. The average Bonchev–Trinajstić information content (AvgIpc) is 2.69. The maximum absolute atomic E-state index is 12.7. The van der Waals surface area contributed by atoms with Crippen molar-refractivity contribution in [2.75, 3.05) is 16.9 Å². The Morgan fingerprint density at radius 3 is 2.17 bits per heavy atom. The van der Waals surface area contributed by atoms with E-state index in [1.807, 2.05) is 0 Å². The maximum atomic E-state index is 12.7. The first kappa shape index (κ1) is 21.8. The van der Waals surface area contributed by atoms with Gasteiger partial charge < -0.3 is 10.6 Å². The van der Waals surface area contributed by atoms with E-state index in [0.29, 0.717) is 10.7 Å². The van der Waals surface area contributed by atoms with Gasteiger partial charge in [-0.2, -0.15) is 0 Å². The number of para-hydroxylation sites is 1. The number of amides is 2. The van der Waals surface area contributed by atoms with E-state index in [0.717, 1.165) is 6.26 Å². The predicted molar refractivity (Wildman–Crippen MR) is 118 cm³/mol. The van der Waals surface area contributed by atoms with E-state index in [9.17, 15) is 18.0 Å². The Hall–Kier alpha value is -2.87. The lowest BCUT2D eigenvalue weighted by molar-refractivity contribution is 0.102. The predicted octanol–water partition coefficient (Wildman–Crippen LogP) is 4.90. The van der Waals surface area contributed by atoms with Crippen molar-refractivity contribution in [3.63, 3.8) is 0 Å². The molecule has 0 aliphatic carbocycles. The second-order valence-corrected chi connectivity index (χ2v) is 9.21. The Kier molecular flexibility index (Phi) is 6.45. The zero-order valence-electron chi connectivity index (χ0n) is 15.6. The first-order valence-corrected chi connectivity index (χ1v) is 11.3. The monoisotopic (exact) mass is 462 g/mol. The van der Waals surface area contributed by atoms with E-state index in [1.165, 1.54) is 18.2 Å². The Balaban J connectivity index is 1.85. The van der Waals surface area contributed by atoms with Gasteiger partial charge in [-0.25, -0.2) is 8.42 Å². The minimum Gasteiger partial charge on any atom is -0.322 e. The molecule has 0 aromatic heterocycles. The average molecular weight is 463 g/mol. The molecule has 154 valence electrons. The summed E-state index contributed by atoms with van der Waals surface area (Å²) in [7, 11) is -3.61. The molecule has 0 radical (unpaired) electrons.